The van der Waals surface area contributed by atoms with Crippen molar-refractivity contribution in [3.05, 3.63) is 35.4 Å². The van der Waals surface area contributed by atoms with Crippen molar-refractivity contribution < 1.29 is 9.90 Å². The Bertz CT molecular complexity index is 559. The lowest BCUT2D eigenvalue weighted by molar-refractivity contribution is -0.123. The Balaban J connectivity index is 0.00000156. The molecule has 3 atom stereocenters. The highest BCUT2D eigenvalue weighted by atomic mass is 35.5. The first-order valence-electron chi connectivity index (χ1n) is 8.67. The van der Waals surface area contributed by atoms with Gasteiger partial charge in [-0.25, -0.2) is 0 Å². The molecular weight excluding hydrogens is 361 g/mol. The summed E-state index contributed by atoms with van der Waals surface area (Å²) in [7, 11) is 0. The van der Waals surface area contributed by atoms with Crippen molar-refractivity contribution in [2.45, 2.75) is 50.9 Å². The van der Waals surface area contributed by atoms with E-state index < -0.39 is 6.10 Å². The van der Waals surface area contributed by atoms with Gasteiger partial charge >= 0.3 is 0 Å². The van der Waals surface area contributed by atoms with Gasteiger partial charge in [0.05, 0.1) is 12.1 Å². The normalized spacial score (nSPS) is 23.8. The number of β-amino-alcohol motifs (C(OH)–C–C–N with tert-alkyl or cyclic N) is 1. The highest BCUT2D eigenvalue weighted by Crippen LogP contribution is 2.21. The number of benzene rings is 1. The number of hydrogen-bond donors (Lipinski definition) is 3. The third-order valence-corrected chi connectivity index (χ3v) is 5.08. The summed E-state index contributed by atoms with van der Waals surface area (Å²) >= 11 is 0. The predicted octanol–water partition coefficient (Wildman–Crippen LogP) is 1.51. The maximum atomic E-state index is 12.2. The van der Waals surface area contributed by atoms with E-state index in [2.05, 4.69) is 46.7 Å². The lowest BCUT2D eigenvalue weighted by Crippen LogP contribution is -2.48. The third-order valence-electron chi connectivity index (χ3n) is 5.08. The van der Waals surface area contributed by atoms with Gasteiger partial charge in [0.25, 0.3) is 0 Å². The number of nitrogens with zero attached hydrogens (tertiary/aromatic N) is 1. The molecule has 0 radical (unpaired) electrons. The molecule has 7 heteroatoms. The molecule has 3 rings (SSSR count). The van der Waals surface area contributed by atoms with Crippen molar-refractivity contribution in [2.24, 2.45) is 0 Å². The summed E-state index contributed by atoms with van der Waals surface area (Å²) in [4.78, 5) is 14.7. The van der Waals surface area contributed by atoms with Crippen LogP contribution in [0.4, 0.5) is 0 Å². The van der Waals surface area contributed by atoms with Crippen LogP contribution in [-0.4, -0.2) is 53.7 Å². The van der Waals surface area contributed by atoms with Crippen LogP contribution in [0, 0.1) is 0 Å². The van der Waals surface area contributed by atoms with E-state index in [9.17, 15) is 9.90 Å². The van der Waals surface area contributed by atoms with Crippen LogP contribution in [-0.2, 0) is 17.8 Å². The number of halogens is 2. The Morgan fingerprint density at radius 1 is 1.36 bits per heavy atom. The molecule has 5 nitrogen and oxygen atoms in total. The largest absolute Gasteiger partial charge is 0.392 e. The monoisotopic (exact) mass is 389 g/mol. The number of carbonyl (C=O) groups excluding carboxylic acids is 1. The Morgan fingerprint density at radius 2 is 2.08 bits per heavy atom. The standard InChI is InChI=1S/C18H27N3O2.2ClH/c1-2-15(10-20-18(23)17-9-16(22)11-19-17)21-8-7-13-5-3-4-6-14(13)12-21;;/h3-6,15-17,19,22H,2,7-12H2,1H3,(H,20,23);2*1H. The molecule has 1 saturated heterocycles. The summed E-state index contributed by atoms with van der Waals surface area (Å²) in [5.41, 5.74) is 2.86. The molecule has 1 aromatic carbocycles. The second-order valence-corrected chi connectivity index (χ2v) is 6.65. The molecule has 1 aromatic rings. The maximum absolute atomic E-state index is 12.2. The number of aliphatic hydroxyl groups is 1. The first-order chi connectivity index (χ1) is 11.2. The SMILES string of the molecule is CCC(CNC(=O)C1CC(O)CN1)N1CCc2ccccc2C1.Cl.Cl. The average Bonchev–Trinajstić information content (AvgIpc) is 3.01. The Kier molecular flexibility index (Phi) is 9.17. The molecule has 2 aliphatic rings. The van der Waals surface area contributed by atoms with Crippen molar-refractivity contribution in [1.29, 1.82) is 0 Å². The van der Waals surface area contributed by atoms with Crippen LogP contribution in [0.1, 0.15) is 30.9 Å². The van der Waals surface area contributed by atoms with Crippen molar-refractivity contribution in [2.75, 3.05) is 19.6 Å². The van der Waals surface area contributed by atoms with Crippen molar-refractivity contribution >= 4 is 30.7 Å². The molecule has 25 heavy (non-hydrogen) atoms. The summed E-state index contributed by atoms with van der Waals surface area (Å²) in [6.45, 7) is 5.37. The second-order valence-electron chi connectivity index (χ2n) is 6.65. The van der Waals surface area contributed by atoms with Gasteiger partial charge < -0.3 is 15.7 Å². The van der Waals surface area contributed by atoms with Crippen molar-refractivity contribution in [3.63, 3.8) is 0 Å². The maximum Gasteiger partial charge on any atom is 0.237 e. The van der Waals surface area contributed by atoms with Crippen LogP contribution in [0.5, 0.6) is 0 Å². The van der Waals surface area contributed by atoms with Gasteiger partial charge in [0.1, 0.15) is 0 Å². The van der Waals surface area contributed by atoms with E-state index in [-0.39, 0.29) is 36.8 Å². The van der Waals surface area contributed by atoms with E-state index in [0.717, 1.165) is 25.9 Å². The van der Waals surface area contributed by atoms with Gasteiger partial charge in [-0.05, 0) is 30.4 Å². The summed E-state index contributed by atoms with van der Waals surface area (Å²) in [5, 5.41) is 15.6. The number of fused-ring (bicyclic) bond motifs is 1. The fraction of sp³-hybridized carbons (Fsp3) is 0.611. The molecule has 0 saturated carbocycles. The van der Waals surface area contributed by atoms with Crippen LogP contribution in [0.25, 0.3) is 0 Å². The molecule has 3 N–H and O–H groups in total. The summed E-state index contributed by atoms with van der Waals surface area (Å²) < 4.78 is 0. The minimum absolute atomic E-state index is 0. The smallest absolute Gasteiger partial charge is 0.237 e. The summed E-state index contributed by atoms with van der Waals surface area (Å²) in [6, 6.07) is 8.74. The molecule has 3 unspecified atom stereocenters. The van der Waals surface area contributed by atoms with Crippen LogP contribution in [0.15, 0.2) is 24.3 Å². The summed E-state index contributed by atoms with van der Waals surface area (Å²) in [5.74, 6) is 0.0115. The third kappa shape index (κ3) is 5.56. The van der Waals surface area contributed by atoms with E-state index in [1.54, 1.807) is 0 Å². The van der Waals surface area contributed by atoms with E-state index in [4.69, 9.17) is 0 Å². The second kappa shape index (κ2) is 10.3. The lowest BCUT2D eigenvalue weighted by atomic mass is 9.98. The molecular formula is C18H29Cl2N3O2. The predicted molar refractivity (Wildman–Crippen MR) is 105 cm³/mol. The Labute approximate surface area is 162 Å². The fourth-order valence-corrected chi connectivity index (χ4v) is 3.62. The molecule has 0 bridgehead atoms. The van der Waals surface area contributed by atoms with Crippen molar-refractivity contribution in [1.82, 2.24) is 15.5 Å². The van der Waals surface area contributed by atoms with Gasteiger partial charge in [-0.1, -0.05) is 31.2 Å². The molecule has 0 aromatic heterocycles. The highest BCUT2D eigenvalue weighted by Gasteiger charge is 2.29. The molecule has 1 amide bonds. The molecule has 2 aliphatic heterocycles. The molecule has 0 aliphatic carbocycles. The molecule has 2 heterocycles. The number of aliphatic hydroxyl groups excluding tert-OH is 1. The van der Waals surface area contributed by atoms with E-state index in [1.807, 2.05) is 0 Å². The van der Waals surface area contributed by atoms with Gasteiger partial charge in [0, 0.05) is 32.2 Å². The summed E-state index contributed by atoms with van der Waals surface area (Å²) in [6.07, 6.45) is 2.21. The molecule has 1 fully saturated rings. The highest BCUT2D eigenvalue weighted by molar-refractivity contribution is 5.85. The zero-order valence-corrected chi connectivity index (χ0v) is 16.2. The van der Waals surface area contributed by atoms with Crippen LogP contribution in [0.3, 0.4) is 0 Å². The Morgan fingerprint density at radius 3 is 2.72 bits per heavy atom. The Hall–Kier alpha value is -0.850. The van der Waals surface area contributed by atoms with E-state index >= 15 is 0 Å². The van der Waals surface area contributed by atoms with Gasteiger partial charge in [0.2, 0.25) is 5.91 Å². The first kappa shape index (κ1) is 22.2. The molecule has 142 valence electrons. The number of nitrogens with one attached hydrogen (secondary N) is 2. The minimum Gasteiger partial charge on any atom is -0.392 e. The number of hydrogen-bond acceptors (Lipinski definition) is 4. The number of carbonyl (C=O) groups is 1. The topological polar surface area (TPSA) is 64.6 Å². The van der Waals surface area contributed by atoms with E-state index in [1.165, 1.54) is 11.1 Å². The van der Waals surface area contributed by atoms with Crippen LogP contribution < -0.4 is 10.6 Å². The lowest BCUT2D eigenvalue weighted by Gasteiger charge is -2.35. The zero-order valence-electron chi connectivity index (χ0n) is 14.6. The van der Waals surface area contributed by atoms with Crippen molar-refractivity contribution in [3.8, 4) is 0 Å². The number of amides is 1. The first-order valence-corrected chi connectivity index (χ1v) is 8.67. The zero-order chi connectivity index (χ0) is 16.2. The van der Waals surface area contributed by atoms with Gasteiger partial charge in [-0.3, -0.25) is 9.69 Å². The van der Waals surface area contributed by atoms with Gasteiger partial charge in [0.15, 0.2) is 0 Å². The quantitative estimate of drug-likeness (QED) is 0.713. The van der Waals surface area contributed by atoms with Crippen LogP contribution in [0.2, 0.25) is 0 Å². The van der Waals surface area contributed by atoms with E-state index in [0.29, 0.717) is 25.6 Å². The van der Waals surface area contributed by atoms with Gasteiger partial charge in [-0.15, -0.1) is 24.8 Å². The minimum atomic E-state index is -0.397. The van der Waals surface area contributed by atoms with Gasteiger partial charge in [-0.2, -0.15) is 0 Å². The number of rotatable bonds is 5. The average molecular weight is 390 g/mol. The molecule has 0 spiro atoms. The fourth-order valence-electron chi connectivity index (χ4n) is 3.62. The van der Waals surface area contributed by atoms with Crippen LogP contribution >= 0.6 is 24.8 Å².